The Kier molecular flexibility index (Phi) is 3.43. The number of aromatic nitrogens is 2. The molecule has 0 aliphatic carbocycles. The quantitative estimate of drug-likeness (QED) is 0.333. The van der Waals surface area contributed by atoms with Gasteiger partial charge in [0, 0.05) is 37.9 Å². The van der Waals surface area contributed by atoms with Crippen molar-refractivity contribution in [1.82, 2.24) is 9.97 Å². The molecule has 3 nitrogen and oxygen atoms in total. The van der Waals surface area contributed by atoms with Gasteiger partial charge in [-0.15, -0.1) is 0 Å². The minimum Gasteiger partial charge on any atom is -0.437 e. The van der Waals surface area contributed by atoms with E-state index in [2.05, 4.69) is 49.2 Å². The first kappa shape index (κ1) is 14.5. The molecule has 0 radical (unpaired) electrons. The van der Waals surface area contributed by atoms with E-state index >= 15 is 0 Å². The molecule has 0 bridgehead atoms. The summed E-state index contributed by atoms with van der Waals surface area (Å²) in [6.45, 7) is 2.09. The lowest BCUT2D eigenvalue weighted by molar-refractivity contribution is 0.653. The van der Waals surface area contributed by atoms with Crippen LogP contribution in [0.15, 0.2) is 77.3 Å². The molecular formula is C26H22N2O. The maximum Gasteiger partial charge on any atom is 0.227 e. The van der Waals surface area contributed by atoms with Crippen molar-refractivity contribution in [1.29, 1.82) is 0 Å². The summed E-state index contributed by atoms with van der Waals surface area (Å²) in [5.41, 5.74) is 6.12. The van der Waals surface area contributed by atoms with Gasteiger partial charge in [-0.05, 0) is 48.2 Å². The highest BCUT2D eigenvalue weighted by molar-refractivity contribution is 6.08. The predicted molar refractivity (Wildman–Crippen MR) is 119 cm³/mol. The zero-order valence-electron chi connectivity index (χ0n) is 19.3. The molecule has 0 unspecified atom stereocenters. The number of hydrogen-bond acceptors (Lipinski definition) is 3. The highest BCUT2D eigenvalue weighted by atomic mass is 16.3. The van der Waals surface area contributed by atoms with Crippen molar-refractivity contribution < 1.29 is 8.53 Å². The molecule has 3 heterocycles. The third-order valence-corrected chi connectivity index (χ3v) is 5.29. The second-order valence-electron chi connectivity index (χ2n) is 7.55. The molecule has 0 saturated heterocycles. The predicted octanol–water partition coefficient (Wildman–Crippen LogP) is 7.14. The molecule has 29 heavy (non-hydrogen) atoms. The molecule has 0 amide bonds. The molecular weight excluding hydrogens is 356 g/mol. The first-order valence-electron chi connectivity index (χ1n) is 11.2. The van der Waals surface area contributed by atoms with Crippen molar-refractivity contribution in [2.24, 2.45) is 0 Å². The van der Waals surface area contributed by atoms with Crippen LogP contribution in [0.25, 0.3) is 44.5 Å². The van der Waals surface area contributed by atoms with E-state index in [0.29, 0.717) is 17.2 Å². The number of aryl methyl sites for hydroxylation is 1. The number of para-hydroxylation sites is 1. The van der Waals surface area contributed by atoms with E-state index < -0.39 is 6.85 Å². The Bertz CT molecular complexity index is 1430. The van der Waals surface area contributed by atoms with Gasteiger partial charge in [-0.1, -0.05) is 56.3 Å². The highest BCUT2D eigenvalue weighted by Gasteiger charge is 2.14. The van der Waals surface area contributed by atoms with Crippen molar-refractivity contribution in [2.45, 2.75) is 26.6 Å². The molecule has 3 aromatic heterocycles. The van der Waals surface area contributed by atoms with Gasteiger partial charge in [-0.25, -0.2) is 4.98 Å². The van der Waals surface area contributed by atoms with Crippen LogP contribution in [0.5, 0.6) is 0 Å². The van der Waals surface area contributed by atoms with Crippen LogP contribution in [-0.2, 0) is 0 Å². The van der Waals surface area contributed by atoms with Gasteiger partial charge < -0.3 is 4.42 Å². The standard InChI is InChI=1S/C26H22N2O/c1-16(2)18-6-4-7-19(14-18)20-11-13-24(27-15-20)23-9-5-8-21-22-12-10-17(3)28-26(22)29-25(21)23/h4-16H,1-3H3/i3D3. The molecule has 0 saturated carbocycles. The van der Waals surface area contributed by atoms with E-state index in [4.69, 9.17) is 13.5 Å². The van der Waals surface area contributed by atoms with Crippen LogP contribution in [-0.4, -0.2) is 9.97 Å². The third kappa shape index (κ3) is 3.09. The lowest BCUT2D eigenvalue weighted by Gasteiger charge is -2.09. The lowest BCUT2D eigenvalue weighted by Crippen LogP contribution is -1.89. The minimum atomic E-state index is -2.28. The van der Waals surface area contributed by atoms with Gasteiger partial charge in [-0.2, -0.15) is 0 Å². The zero-order chi connectivity index (χ0) is 22.5. The van der Waals surface area contributed by atoms with Gasteiger partial charge in [0.2, 0.25) is 5.71 Å². The monoisotopic (exact) mass is 381 g/mol. The van der Waals surface area contributed by atoms with Crippen LogP contribution in [0.4, 0.5) is 0 Å². The summed E-state index contributed by atoms with van der Waals surface area (Å²) in [4.78, 5) is 8.95. The van der Waals surface area contributed by atoms with Gasteiger partial charge in [0.15, 0.2) is 0 Å². The van der Waals surface area contributed by atoms with E-state index in [1.54, 1.807) is 6.07 Å². The molecule has 2 aromatic carbocycles. The Morgan fingerprint density at radius 1 is 0.897 bits per heavy atom. The zero-order valence-corrected chi connectivity index (χ0v) is 16.3. The molecule has 0 aliphatic rings. The maximum absolute atomic E-state index is 7.61. The summed E-state index contributed by atoms with van der Waals surface area (Å²) in [6, 6.07) is 21.7. The van der Waals surface area contributed by atoms with E-state index in [9.17, 15) is 0 Å². The number of furan rings is 1. The molecule has 5 rings (SSSR count). The summed E-state index contributed by atoms with van der Waals surface area (Å²) in [6.07, 6.45) is 1.88. The SMILES string of the molecule is [2H]C([2H])([2H])c1ccc2c(n1)oc1c(-c3ccc(-c4cccc(C(C)C)c4)cn3)cccc12. The van der Waals surface area contributed by atoms with Crippen molar-refractivity contribution in [2.75, 3.05) is 0 Å². The van der Waals surface area contributed by atoms with E-state index in [1.807, 2.05) is 30.5 Å². The molecule has 0 fully saturated rings. The second kappa shape index (κ2) is 6.85. The number of pyridine rings is 2. The fraction of sp³-hybridized carbons (Fsp3) is 0.154. The third-order valence-electron chi connectivity index (χ3n) is 5.29. The Morgan fingerprint density at radius 2 is 1.79 bits per heavy atom. The normalized spacial score (nSPS) is 13.6. The number of fused-ring (bicyclic) bond motifs is 3. The average Bonchev–Trinajstić information content (AvgIpc) is 3.17. The fourth-order valence-corrected chi connectivity index (χ4v) is 3.68. The Balaban J connectivity index is 1.58. The van der Waals surface area contributed by atoms with E-state index in [-0.39, 0.29) is 5.69 Å². The summed E-state index contributed by atoms with van der Waals surface area (Å²) < 4.78 is 28.8. The maximum atomic E-state index is 7.61. The van der Waals surface area contributed by atoms with E-state index in [1.165, 1.54) is 11.6 Å². The largest absolute Gasteiger partial charge is 0.437 e. The topological polar surface area (TPSA) is 38.9 Å². The highest BCUT2D eigenvalue weighted by Crippen LogP contribution is 2.35. The van der Waals surface area contributed by atoms with Crippen molar-refractivity contribution in [3.63, 3.8) is 0 Å². The van der Waals surface area contributed by atoms with Crippen LogP contribution >= 0.6 is 0 Å². The van der Waals surface area contributed by atoms with Crippen molar-refractivity contribution in [3.8, 4) is 22.4 Å². The molecule has 3 heteroatoms. The Labute approximate surface area is 174 Å². The molecule has 0 aliphatic heterocycles. The van der Waals surface area contributed by atoms with Crippen molar-refractivity contribution >= 4 is 22.1 Å². The van der Waals surface area contributed by atoms with Crippen LogP contribution in [0.1, 0.15) is 35.1 Å². The first-order valence-corrected chi connectivity index (χ1v) is 9.71. The van der Waals surface area contributed by atoms with Gasteiger partial charge >= 0.3 is 0 Å². The smallest absolute Gasteiger partial charge is 0.227 e. The van der Waals surface area contributed by atoms with Gasteiger partial charge in [0.05, 0.1) is 5.69 Å². The Hall–Kier alpha value is -3.46. The van der Waals surface area contributed by atoms with Crippen LogP contribution in [0.2, 0.25) is 0 Å². The van der Waals surface area contributed by atoms with E-state index in [0.717, 1.165) is 33.2 Å². The number of rotatable bonds is 3. The molecule has 5 aromatic rings. The minimum absolute atomic E-state index is 0.0247. The molecule has 0 N–H and O–H groups in total. The van der Waals surface area contributed by atoms with Gasteiger partial charge in [0.1, 0.15) is 5.58 Å². The van der Waals surface area contributed by atoms with Crippen LogP contribution in [0.3, 0.4) is 0 Å². The molecule has 142 valence electrons. The molecule has 0 spiro atoms. The van der Waals surface area contributed by atoms with Crippen molar-refractivity contribution in [3.05, 3.63) is 84.2 Å². The first-order chi connectivity index (χ1) is 15.3. The van der Waals surface area contributed by atoms with Crippen LogP contribution in [0, 0.1) is 6.85 Å². The number of nitrogens with zero attached hydrogens (tertiary/aromatic N) is 2. The number of benzene rings is 2. The number of hydrogen-bond donors (Lipinski definition) is 0. The van der Waals surface area contributed by atoms with Crippen LogP contribution < -0.4 is 0 Å². The van der Waals surface area contributed by atoms with Gasteiger partial charge in [0.25, 0.3) is 0 Å². The summed E-state index contributed by atoms with van der Waals surface area (Å²) in [5.74, 6) is 0.465. The Morgan fingerprint density at radius 3 is 2.59 bits per heavy atom. The lowest BCUT2D eigenvalue weighted by atomic mass is 9.98. The summed E-state index contributed by atoms with van der Waals surface area (Å²) in [5, 5.41) is 1.68. The fourth-order valence-electron chi connectivity index (χ4n) is 3.68. The summed E-state index contributed by atoms with van der Waals surface area (Å²) in [7, 11) is 0. The molecule has 0 atom stereocenters. The second-order valence-corrected chi connectivity index (χ2v) is 7.55. The average molecular weight is 381 g/mol. The van der Waals surface area contributed by atoms with Gasteiger partial charge in [-0.3, -0.25) is 4.98 Å². The summed E-state index contributed by atoms with van der Waals surface area (Å²) >= 11 is 0.